The maximum absolute atomic E-state index is 10.6. The van der Waals surface area contributed by atoms with Crippen molar-refractivity contribution in [3.63, 3.8) is 0 Å². The average Bonchev–Trinajstić information content (AvgIpc) is 2.29. The number of ether oxygens (including phenoxy) is 1. The second-order valence-electron chi connectivity index (χ2n) is 3.53. The largest absolute Gasteiger partial charge is 0.380 e. The molecular weight excluding hydrogens is 258 g/mol. The quantitative estimate of drug-likeness (QED) is 0.611. The van der Waals surface area contributed by atoms with E-state index >= 15 is 0 Å². The molecule has 0 unspecified atom stereocenters. The summed E-state index contributed by atoms with van der Waals surface area (Å²) >= 11 is 3.67. The van der Waals surface area contributed by atoms with Crippen molar-refractivity contribution < 1.29 is 9.66 Å². The van der Waals surface area contributed by atoms with Crippen LogP contribution in [0.25, 0.3) is 0 Å². The summed E-state index contributed by atoms with van der Waals surface area (Å²) in [5.41, 5.74) is 1.30. The molecule has 0 amide bonds. The van der Waals surface area contributed by atoms with Gasteiger partial charge in [-0.25, -0.2) is 0 Å². The Bertz CT molecular complexity index is 375. The molecule has 0 bridgehead atoms. The molecule has 4 nitrogen and oxygen atoms in total. The standard InChI is InChI=1S/C11H13NO3S2/c13-12(14)10-3-1-9(2-4-10)11-16-7-5-15-6-8-17-11/h1-4,11H,5-8H2. The zero-order valence-electron chi connectivity index (χ0n) is 9.20. The highest BCUT2D eigenvalue weighted by Gasteiger charge is 2.15. The van der Waals surface area contributed by atoms with Gasteiger partial charge in [-0.05, 0) is 5.56 Å². The molecule has 0 spiro atoms. The van der Waals surface area contributed by atoms with Crippen molar-refractivity contribution in [3.8, 4) is 0 Å². The molecule has 0 atom stereocenters. The van der Waals surface area contributed by atoms with Crippen LogP contribution < -0.4 is 0 Å². The Morgan fingerprint density at radius 1 is 1.18 bits per heavy atom. The fourth-order valence-electron chi connectivity index (χ4n) is 1.52. The van der Waals surface area contributed by atoms with Crippen molar-refractivity contribution in [2.24, 2.45) is 0 Å². The van der Waals surface area contributed by atoms with Gasteiger partial charge in [0.25, 0.3) is 5.69 Å². The van der Waals surface area contributed by atoms with Crippen LogP contribution in [-0.2, 0) is 4.74 Å². The molecule has 0 radical (unpaired) electrons. The molecule has 1 heterocycles. The lowest BCUT2D eigenvalue weighted by molar-refractivity contribution is -0.384. The van der Waals surface area contributed by atoms with Gasteiger partial charge in [-0.3, -0.25) is 10.1 Å². The maximum atomic E-state index is 10.6. The van der Waals surface area contributed by atoms with Gasteiger partial charge in [0.2, 0.25) is 0 Å². The third-order valence-electron chi connectivity index (χ3n) is 2.37. The van der Waals surface area contributed by atoms with Crippen LogP contribution in [0.1, 0.15) is 10.1 Å². The number of thioether (sulfide) groups is 2. The fraction of sp³-hybridized carbons (Fsp3) is 0.455. The number of hydrogen-bond donors (Lipinski definition) is 0. The molecule has 0 aromatic heterocycles. The summed E-state index contributed by atoms with van der Waals surface area (Å²) in [5.74, 6) is 1.93. The maximum Gasteiger partial charge on any atom is 0.269 e. The molecule has 1 aliphatic rings. The Balaban J connectivity index is 2.06. The van der Waals surface area contributed by atoms with Crippen LogP contribution in [0.2, 0.25) is 0 Å². The van der Waals surface area contributed by atoms with E-state index in [4.69, 9.17) is 4.74 Å². The van der Waals surface area contributed by atoms with Crippen molar-refractivity contribution in [1.82, 2.24) is 0 Å². The van der Waals surface area contributed by atoms with E-state index in [2.05, 4.69) is 0 Å². The fourth-order valence-corrected chi connectivity index (χ4v) is 4.04. The van der Waals surface area contributed by atoms with Crippen molar-refractivity contribution in [1.29, 1.82) is 0 Å². The molecule has 1 saturated heterocycles. The molecule has 17 heavy (non-hydrogen) atoms. The highest BCUT2D eigenvalue weighted by Crippen LogP contribution is 2.40. The van der Waals surface area contributed by atoms with Gasteiger partial charge >= 0.3 is 0 Å². The van der Waals surface area contributed by atoms with Gasteiger partial charge in [0.05, 0.1) is 22.7 Å². The third-order valence-corrected chi connectivity index (χ3v) is 5.14. The normalized spacial score (nSPS) is 18.4. The summed E-state index contributed by atoms with van der Waals surface area (Å²) in [5, 5.41) is 10.6. The molecule has 6 heteroatoms. The Hall–Kier alpha value is -0.720. The first-order valence-corrected chi connectivity index (χ1v) is 7.42. The number of rotatable bonds is 2. The summed E-state index contributed by atoms with van der Waals surface area (Å²) in [7, 11) is 0. The number of nitrogens with zero attached hydrogens (tertiary/aromatic N) is 1. The Kier molecular flexibility index (Phi) is 4.70. The van der Waals surface area contributed by atoms with Crippen LogP contribution in [0.3, 0.4) is 0 Å². The predicted molar refractivity (Wildman–Crippen MR) is 71.6 cm³/mol. The monoisotopic (exact) mass is 271 g/mol. The van der Waals surface area contributed by atoms with E-state index in [0.717, 1.165) is 30.3 Å². The van der Waals surface area contributed by atoms with Crippen molar-refractivity contribution in [2.75, 3.05) is 24.7 Å². The van der Waals surface area contributed by atoms with Crippen LogP contribution >= 0.6 is 23.5 Å². The molecule has 1 fully saturated rings. The average molecular weight is 271 g/mol. The summed E-state index contributed by atoms with van der Waals surface area (Å²) in [6.45, 7) is 1.57. The smallest absolute Gasteiger partial charge is 0.269 e. The first-order valence-electron chi connectivity index (χ1n) is 5.32. The van der Waals surface area contributed by atoms with Crippen molar-refractivity contribution in [3.05, 3.63) is 39.9 Å². The van der Waals surface area contributed by atoms with Crippen molar-refractivity contribution in [2.45, 2.75) is 4.58 Å². The second kappa shape index (κ2) is 6.28. The molecule has 2 rings (SSSR count). The van der Waals surface area contributed by atoms with E-state index in [0.29, 0.717) is 4.58 Å². The van der Waals surface area contributed by atoms with Gasteiger partial charge in [-0.1, -0.05) is 12.1 Å². The summed E-state index contributed by atoms with van der Waals surface area (Å²) in [4.78, 5) is 10.2. The SMILES string of the molecule is O=[N+]([O-])c1ccc(C2SCCOCCS2)cc1. The van der Waals surface area contributed by atoms with Gasteiger partial charge in [-0.15, -0.1) is 23.5 Å². The zero-order valence-corrected chi connectivity index (χ0v) is 10.8. The summed E-state index contributed by atoms with van der Waals surface area (Å²) < 4.78 is 5.74. The van der Waals surface area contributed by atoms with Crippen LogP contribution in [-0.4, -0.2) is 29.6 Å². The first kappa shape index (κ1) is 12.7. The van der Waals surface area contributed by atoms with E-state index < -0.39 is 0 Å². The highest BCUT2D eigenvalue weighted by atomic mass is 32.2. The molecule has 92 valence electrons. The summed E-state index contributed by atoms with van der Waals surface area (Å²) in [6, 6.07) is 6.86. The third kappa shape index (κ3) is 3.62. The lowest BCUT2D eigenvalue weighted by atomic mass is 10.2. The zero-order chi connectivity index (χ0) is 12.1. The van der Waals surface area contributed by atoms with E-state index in [9.17, 15) is 10.1 Å². The van der Waals surface area contributed by atoms with Crippen LogP contribution in [0.5, 0.6) is 0 Å². The molecule has 1 aromatic carbocycles. The Morgan fingerprint density at radius 2 is 1.76 bits per heavy atom. The van der Waals surface area contributed by atoms with E-state index in [1.807, 2.05) is 35.7 Å². The van der Waals surface area contributed by atoms with Crippen LogP contribution in [0.4, 0.5) is 5.69 Å². The van der Waals surface area contributed by atoms with Gasteiger partial charge in [0, 0.05) is 23.6 Å². The van der Waals surface area contributed by atoms with Gasteiger partial charge in [0.1, 0.15) is 0 Å². The van der Waals surface area contributed by atoms with E-state index in [-0.39, 0.29) is 10.6 Å². The lowest BCUT2D eigenvalue weighted by Gasteiger charge is -2.19. The highest BCUT2D eigenvalue weighted by molar-refractivity contribution is 8.16. The second-order valence-corrected chi connectivity index (χ2v) is 6.26. The minimum atomic E-state index is -0.365. The molecular formula is C11H13NO3S2. The van der Waals surface area contributed by atoms with E-state index in [1.165, 1.54) is 0 Å². The minimum Gasteiger partial charge on any atom is -0.380 e. The Morgan fingerprint density at radius 3 is 2.29 bits per heavy atom. The first-order chi connectivity index (χ1) is 8.27. The Labute approximate surface area is 108 Å². The van der Waals surface area contributed by atoms with Crippen LogP contribution in [0.15, 0.2) is 24.3 Å². The van der Waals surface area contributed by atoms with E-state index in [1.54, 1.807) is 12.1 Å². The van der Waals surface area contributed by atoms with Gasteiger partial charge in [-0.2, -0.15) is 0 Å². The summed E-state index contributed by atoms with van der Waals surface area (Å²) in [6.07, 6.45) is 0. The topological polar surface area (TPSA) is 52.4 Å². The van der Waals surface area contributed by atoms with Crippen molar-refractivity contribution >= 4 is 29.2 Å². The number of non-ortho nitro benzene ring substituents is 1. The number of benzene rings is 1. The number of nitro groups is 1. The predicted octanol–water partition coefficient (Wildman–Crippen LogP) is 3.09. The van der Waals surface area contributed by atoms with Crippen LogP contribution in [0, 0.1) is 10.1 Å². The van der Waals surface area contributed by atoms with Gasteiger partial charge < -0.3 is 4.74 Å². The molecule has 1 aliphatic heterocycles. The number of hydrogen-bond acceptors (Lipinski definition) is 5. The number of nitro benzene ring substituents is 1. The molecule has 0 saturated carbocycles. The van der Waals surface area contributed by atoms with Gasteiger partial charge in [0.15, 0.2) is 0 Å². The molecule has 1 aromatic rings. The molecule has 0 aliphatic carbocycles. The molecule has 0 N–H and O–H groups in total. The lowest BCUT2D eigenvalue weighted by Crippen LogP contribution is -2.07. The minimum absolute atomic E-state index is 0.151.